The molecular weight excluding hydrogens is 384 g/mol. The van der Waals surface area contributed by atoms with Gasteiger partial charge in [0.2, 0.25) is 15.9 Å². The Morgan fingerprint density at radius 1 is 1.04 bits per heavy atom. The van der Waals surface area contributed by atoms with Gasteiger partial charge < -0.3 is 19.5 Å². The summed E-state index contributed by atoms with van der Waals surface area (Å²) in [6.45, 7) is 3.88. The van der Waals surface area contributed by atoms with Crippen LogP contribution in [-0.4, -0.2) is 41.2 Å². The van der Waals surface area contributed by atoms with Crippen LogP contribution >= 0.6 is 0 Å². The summed E-state index contributed by atoms with van der Waals surface area (Å²) in [4.78, 5) is 12.3. The van der Waals surface area contributed by atoms with E-state index in [1.165, 1.54) is 39.3 Å². The van der Waals surface area contributed by atoms with Crippen molar-refractivity contribution < 1.29 is 27.4 Å². The zero-order valence-electron chi connectivity index (χ0n) is 16.2. The fourth-order valence-electron chi connectivity index (χ4n) is 2.39. The molecule has 0 unspecified atom stereocenters. The summed E-state index contributed by atoms with van der Waals surface area (Å²) in [6.07, 6.45) is 0. The first-order valence-electron chi connectivity index (χ1n) is 8.58. The van der Waals surface area contributed by atoms with Crippen molar-refractivity contribution in [2.75, 3.05) is 26.1 Å². The molecule has 9 heteroatoms. The van der Waals surface area contributed by atoms with Crippen molar-refractivity contribution >= 4 is 21.6 Å². The molecule has 0 saturated heterocycles. The Balaban J connectivity index is 2.07. The van der Waals surface area contributed by atoms with Gasteiger partial charge in [-0.15, -0.1) is 0 Å². The minimum atomic E-state index is -3.93. The lowest BCUT2D eigenvalue weighted by Crippen LogP contribution is -2.41. The van der Waals surface area contributed by atoms with Gasteiger partial charge in [-0.1, -0.05) is 0 Å². The average Bonchev–Trinajstić information content (AvgIpc) is 2.68. The molecule has 2 aromatic carbocycles. The van der Waals surface area contributed by atoms with Gasteiger partial charge in [-0.05, 0) is 50.2 Å². The third kappa shape index (κ3) is 5.37. The number of hydrogen-bond donors (Lipinski definition) is 2. The van der Waals surface area contributed by atoms with Gasteiger partial charge in [0.15, 0.2) is 11.5 Å². The second-order valence-corrected chi connectivity index (χ2v) is 7.52. The number of sulfonamides is 1. The number of carbonyl (C=O) groups is 1. The standard InChI is InChI=1S/C19H24N2O6S/c1-5-27-15-8-6-14(7-9-15)20-19(22)13(2)21-28(23,24)16-10-11-17(25-3)18(12-16)26-4/h6-13,21H,5H2,1-4H3,(H,20,22)/t13-/m1/s1. The molecule has 0 spiro atoms. The number of nitrogens with one attached hydrogen (secondary N) is 2. The molecule has 152 valence electrons. The van der Waals surface area contributed by atoms with Gasteiger partial charge in [-0.3, -0.25) is 4.79 Å². The predicted molar refractivity (Wildman–Crippen MR) is 106 cm³/mol. The highest BCUT2D eigenvalue weighted by Gasteiger charge is 2.23. The van der Waals surface area contributed by atoms with Crippen molar-refractivity contribution in [3.63, 3.8) is 0 Å². The topological polar surface area (TPSA) is 103 Å². The molecule has 0 aliphatic carbocycles. The average molecular weight is 408 g/mol. The van der Waals surface area contributed by atoms with Crippen molar-refractivity contribution in [2.24, 2.45) is 0 Å². The third-order valence-electron chi connectivity index (χ3n) is 3.82. The highest BCUT2D eigenvalue weighted by molar-refractivity contribution is 7.89. The van der Waals surface area contributed by atoms with Crippen LogP contribution in [0.15, 0.2) is 47.4 Å². The van der Waals surface area contributed by atoms with Crippen LogP contribution in [0.4, 0.5) is 5.69 Å². The zero-order chi connectivity index (χ0) is 20.7. The number of ether oxygens (including phenoxy) is 3. The normalized spacial score (nSPS) is 12.1. The molecule has 2 aromatic rings. The maximum Gasteiger partial charge on any atom is 0.242 e. The number of rotatable bonds is 9. The molecule has 28 heavy (non-hydrogen) atoms. The maximum atomic E-state index is 12.6. The van der Waals surface area contributed by atoms with Crippen molar-refractivity contribution in [1.29, 1.82) is 0 Å². The third-order valence-corrected chi connectivity index (χ3v) is 5.36. The van der Waals surface area contributed by atoms with Crippen LogP contribution in [0.25, 0.3) is 0 Å². The summed E-state index contributed by atoms with van der Waals surface area (Å²) in [5.41, 5.74) is 0.533. The van der Waals surface area contributed by atoms with E-state index in [2.05, 4.69) is 10.0 Å². The Morgan fingerprint density at radius 3 is 2.25 bits per heavy atom. The number of benzene rings is 2. The smallest absolute Gasteiger partial charge is 0.242 e. The summed E-state index contributed by atoms with van der Waals surface area (Å²) in [7, 11) is -1.07. The SMILES string of the molecule is CCOc1ccc(NC(=O)[C@@H](C)NS(=O)(=O)c2ccc(OC)c(OC)c2)cc1. The van der Waals surface area contributed by atoms with E-state index < -0.39 is 22.0 Å². The zero-order valence-corrected chi connectivity index (χ0v) is 17.0. The summed E-state index contributed by atoms with van der Waals surface area (Å²) in [5.74, 6) is 0.871. The monoisotopic (exact) mass is 408 g/mol. The summed E-state index contributed by atoms with van der Waals surface area (Å²) in [5, 5.41) is 2.66. The summed E-state index contributed by atoms with van der Waals surface area (Å²) in [6, 6.07) is 9.99. The Morgan fingerprint density at radius 2 is 1.68 bits per heavy atom. The number of hydrogen-bond acceptors (Lipinski definition) is 6. The fraction of sp³-hybridized carbons (Fsp3) is 0.316. The Kier molecular flexibility index (Phi) is 7.24. The van der Waals surface area contributed by atoms with Crippen molar-refractivity contribution in [3.05, 3.63) is 42.5 Å². The lowest BCUT2D eigenvalue weighted by atomic mass is 10.2. The molecule has 0 aliphatic heterocycles. The molecule has 0 radical (unpaired) electrons. The first-order valence-corrected chi connectivity index (χ1v) is 10.1. The maximum absolute atomic E-state index is 12.6. The van der Waals surface area contributed by atoms with Crippen LogP contribution in [0.1, 0.15) is 13.8 Å². The molecule has 2 rings (SSSR count). The first-order chi connectivity index (χ1) is 13.3. The molecule has 0 fully saturated rings. The van der Waals surface area contributed by atoms with Crippen LogP contribution in [0.3, 0.4) is 0 Å². The second-order valence-electron chi connectivity index (χ2n) is 5.81. The molecule has 0 bridgehead atoms. The molecule has 1 amide bonds. The second kappa shape index (κ2) is 9.43. The molecule has 0 saturated carbocycles. The van der Waals surface area contributed by atoms with Crippen LogP contribution in [-0.2, 0) is 14.8 Å². The summed E-state index contributed by atoms with van der Waals surface area (Å²) >= 11 is 0. The van der Waals surface area contributed by atoms with Crippen LogP contribution in [0, 0.1) is 0 Å². The van der Waals surface area contributed by atoms with Crippen LogP contribution < -0.4 is 24.2 Å². The van der Waals surface area contributed by atoms with E-state index in [9.17, 15) is 13.2 Å². The Hall–Kier alpha value is -2.78. The Labute approximate surface area is 164 Å². The molecule has 0 aromatic heterocycles. The lowest BCUT2D eigenvalue weighted by Gasteiger charge is -2.16. The molecular formula is C19H24N2O6S. The van der Waals surface area contributed by atoms with E-state index in [0.717, 1.165) is 0 Å². The summed E-state index contributed by atoms with van der Waals surface area (Å²) < 4.78 is 43.1. The van der Waals surface area contributed by atoms with E-state index in [-0.39, 0.29) is 10.6 Å². The van der Waals surface area contributed by atoms with Gasteiger partial charge in [0.1, 0.15) is 5.75 Å². The van der Waals surface area contributed by atoms with Gasteiger partial charge in [0.05, 0.1) is 31.8 Å². The quantitative estimate of drug-likeness (QED) is 0.661. The number of amides is 1. The van der Waals surface area contributed by atoms with E-state index >= 15 is 0 Å². The van der Waals surface area contributed by atoms with Gasteiger partial charge in [-0.25, -0.2) is 8.42 Å². The van der Waals surface area contributed by atoms with Gasteiger partial charge >= 0.3 is 0 Å². The van der Waals surface area contributed by atoms with E-state index in [1.54, 1.807) is 24.3 Å². The minimum Gasteiger partial charge on any atom is -0.494 e. The molecule has 8 nitrogen and oxygen atoms in total. The lowest BCUT2D eigenvalue weighted by molar-refractivity contribution is -0.117. The molecule has 0 heterocycles. The fourth-order valence-corrected chi connectivity index (χ4v) is 3.61. The van der Waals surface area contributed by atoms with Crippen LogP contribution in [0.5, 0.6) is 17.2 Å². The highest BCUT2D eigenvalue weighted by Crippen LogP contribution is 2.29. The van der Waals surface area contributed by atoms with E-state index in [1.807, 2.05) is 6.92 Å². The van der Waals surface area contributed by atoms with Crippen LogP contribution in [0.2, 0.25) is 0 Å². The Bertz CT molecular complexity index is 913. The largest absolute Gasteiger partial charge is 0.494 e. The van der Waals surface area contributed by atoms with Crippen molar-refractivity contribution in [3.8, 4) is 17.2 Å². The number of methoxy groups -OCH3 is 2. The van der Waals surface area contributed by atoms with Crippen molar-refractivity contribution in [1.82, 2.24) is 4.72 Å². The molecule has 0 aliphatic rings. The van der Waals surface area contributed by atoms with Gasteiger partial charge in [0, 0.05) is 11.8 Å². The molecule has 1 atom stereocenters. The minimum absolute atomic E-state index is 0.0362. The highest BCUT2D eigenvalue weighted by atomic mass is 32.2. The van der Waals surface area contributed by atoms with E-state index in [0.29, 0.717) is 23.8 Å². The van der Waals surface area contributed by atoms with Gasteiger partial charge in [0.25, 0.3) is 0 Å². The first kappa shape index (κ1) is 21.5. The predicted octanol–water partition coefficient (Wildman–Crippen LogP) is 2.41. The number of carbonyl (C=O) groups excluding carboxylic acids is 1. The molecule has 2 N–H and O–H groups in total. The number of anilines is 1. The van der Waals surface area contributed by atoms with Gasteiger partial charge in [-0.2, -0.15) is 4.72 Å². The van der Waals surface area contributed by atoms with E-state index in [4.69, 9.17) is 14.2 Å². The van der Waals surface area contributed by atoms with Crippen molar-refractivity contribution in [2.45, 2.75) is 24.8 Å².